The van der Waals surface area contributed by atoms with Crippen molar-refractivity contribution in [3.8, 4) is 0 Å². The molecule has 0 radical (unpaired) electrons. The molecule has 0 saturated carbocycles. The first-order chi connectivity index (χ1) is 8.54. The van der Waals surface area contributed by atoms with E-state index in [-0.39, 0.29) is 0 Å². The molecule has 2 fully saturated rings. The summed E-state index contributed by atoms with van der Waals surface area (Å²) in [5.41, 5.74) is 1.25. The van der Waals surface area contributed by atoms with Crippen molar-refractivity contribution in [1.82, 2.24) is 4.31 Å². The summed E-state index contributed by atoms with van der Waals surface area (Å²) in [6, 6.07) is 10.4. The number of anilines is 1. The first-order valence-electron chi connectivity index (χ1n) is 6.29. The molecular formula is C13H18N2O2S. The average molecular weight is 266 g/mol. The lowest BCUT2D eigenvalue weighted by Gasteiger charge is -2.22. The second-order valence-electron chi connectivity index (χ2n) is 5.34. The molecule has 3 rings (SSSR count). The number of nitrogens with zero attached hydrogens (tertiary/aromatic N) is 2. The molecule has 2 aliphatic heterocycles. The molecule has 1 aromatic carbocycles. The minimum absolute atomic E-state index is 0.486. The Bertz CT molecular complexity index is 515. The smallest absolute Gasteiger partial charge is 0.211 e. The van der Waals surface area contributed by atoms with E-state index in [1.807, 2.05) is 18.2 Å². The average Bonchev–Trinajstić information content (AvgIpc) is 2.86. The van der Waals surface area contributed by atoms with Crippen LogP contribution in [0.4, 0.5) is 5.69 Å². The molecule has 0 aliphatic carbocycles. The second-order valence-corrected chi connectivity index (χ2v) is 7.32. The number of fused-ring (bicyclic) bond motifs is 1. The molecular weight excluding hydrogens is 248 g/mol. The van der Waals surface area contributed by atoms with E-state index in [1.165, 1.54) is 11.9 Å². The van der Waals surface area contributed by atoms with Gasteiger partial charge in [-0.3, -0.25) is 0 Å². The van der Waals surface area contributed by atoms with E-state index in [2.05, 4.69) is 17.0 Å². The molecule has 2 heterocycles. The molecule has 0 N–H and O–H groups in total. The van der Waals surface area contributed by atoms with Crippen molar-refractivity contribution in [2.75, 3.05) is 37.3 Å². The van der Waals surface area contributed by atoms with Gasteiger partial charge in [-0.1, -0.05) is 18.2 Å². The van der Waals surface area contributed by atoms with Crippen LogP contribution in [0.1, 0.15) is 0 Å². The summed E-state index contributed by atoms with van der Waals surface area (Å²) in [4.78, 5) is 2.37. The van der Waals surface area contributed by atoms with Crippen molar-refractivity contribution < 1.29 is 8.42 Å². The molecule has 2 saturated heterocycles. The van der Waals surface area contributed by atoms with Crippen molar-refractivity contribution in [3.63, 3.8) is 0 Å². The van der Waals surface area contributed by atoms with E-state index in [1.54, 1.807) is 4.31 Å². The van der Waals surface area contributed by atoms with Crippen LogP contribution in [0.5, 0.6) is 0 Å². The topological polar surface area (TPSA) is 40.6 Å². The summed E-state index contributed by atoms with van der Waals surface area (Å²) in [7, 11) is -3.01. The highest BCUT2D eigenvalue weighted by molar-refractivity contribution is 7.88. The Morgan fingerprint density at radius 3 is 2.06 bits per heavy atom. The van der Waals surface area contributed by atoms with E-state index in [4.69, 9.17) is 0 Å². The van der Waals surface area contributed by atoms with Gasteiger partial charge in [-0.15, -0.1) is 0 Å². The fourth-order valence-electron chi connectivity index (χ4n) is 3.07. The highest BCUT2D eigenvalue weighted by Gasteiger charge is 2.42. The first-order valence-corrected chi connectivity index (χ1v) is 8.14. The van der Waals surface area contributed by atoms with Crippen LogP contribution in [0.2, 0.25) is 0 Å². The minimum Gasteiger partial charge on any atom is -0.371 e. The van der Waals surface area contributed by atoms with Crippen molar-refractivity contribution >= 4 is 15.7 Å². The summed E-state index contributed by atoms with van der Waals surface area (Å²) in [5, 5.41) is 0. The lowest BCUT2D eigenvalue weighted by molar-refractivity contribution is 0.458. The van der Waals surface area contributed by atoms with E-state index in [0.717, 1.165) is 13.1 Å². The van der Waals surface area contributed by atoms with Crippen LogP contribution in [0.3, 0.4) is 0 Å². The zero-order valence-corrected chi connectivity index (χ0v) is 11.3. The second kappa shape index (κ2) is 4.24. The minimum atomic E-state index is -3.01. The molecule has 2 atom stereocenters. The van der Waals surface area contributed by atoms with E-state index >= 15 is 0 Å². The maximum atomic E-state index is 11.5. The van der Waals surface area contributed by atoms with Crippen molar-refractivity contribution in [3.05, 3.63) is 30.3 Å². The van der Waals surface area contributed by atoms with Crippen LogP contribution < -0.4 is 4.90 Å². The highest BCUT2D eigenvalue weighted by Crippen LogP contribution is 2.34. The summed E-state index contributed by atoms with van der Waals surface area (Å²) in [6.45, 7) is 3.32. The van der Waals surface area contributed by atoms with Gasteiger partial charge in [-0.05, 0) is 24.0 Å². The predicted octanol–water partition coefficient (Wildman–Crippen LogP) is 1.01. The molecule has 98 valence electrons. The van der Waals surface area contributed by atoms with Crippen LogP contribution in [0.15, 0.2) is 30.3 Å². The SMILES string of the molecule is CS(=O)(=O)N1CC2CN(c3ccccc3)CC2C1. The molecule has 0 aromatic heterocycles. The Morgan fingerprint density at radius 2 is 1.56 bits per heavy atom. The lowest BCUT2D eigenvalue weighted by atomic mass is 10.0. The van der Waals surface area contributed by atoms with Crippen LogP contribution >= 0.6 is 0 Å². The van der Waals surface area contributed by atoms with Gasteiger partial charge in [0.25, 0.3) is 0 Å². The van der Waals surface area contributed by atoms with Crippen LogP contribution in [0.25, 0.3) is 0 Å². The van der Waals surface area contributed by atoms with Gasteiger partial charge in [-0.2, -0.15) is 0 Å². The number of benzene rings is 1. The molecule has 1 aromatic rings. The maximum absolute atomic E-state index is 11.5. The summed E-state index contributed by atoms with van der Waals surface area (Å²) in [5.74, 6) is 0.972. The summed E-state index contributed by atoms with van der Waals surface area (Å²) < 4.78 is 24.7. The predicted molar refractivity (Wildman–Crippen MR) is 72.1 cm³/mol. The molecule has 2 unspecified atom stereocenters. The summed E-state index contributed by atoms with van der Waals surface area (Å²) in [6.07, 6.45) is 1.31. The van der Waals surface area contributed by atoms with Gasteiger partial charge in [0.05, 0.1) is 6.26 Å². The van der Waals surface area contributed by atoms with Gasteiger partial charge in [0.15, 0.2) is 0 Å². The number of hydrogen-bond donors (Lipinski definition) is 0. The lowest BCUT2D eigenvalue weighted by Crippen LogP contribution is -2.32. The number of hydrogen-bond acceptors (Lipinski definition) is 3. The zero-order chi connectivity index (χ0) is 12.8. The summed E-state index contributed by atoms with van der Waals surface area (Å²) >= 11 is 0. The van der Waals surface area contributed by atoms with Crippen LogP contribution in [-0.4, -0.2) is 45.2 Å². The van der Waals surface area contributed by atoms with Gasteiger partial charge in [-0.25, -0.2) is 12.7 Å². The molecule has 0 spiro atoms. The number of sulfonamides is 1. The quantitative estimate of drug-likeness (QED) is 0.802. The molecule has 2 aliphatic rings. The molecule has 18 heavy (non-hydrogen) atoms. The van der Waals surface area contributed by atoms with Crippen molar-refractivity contribution in [2.45, 2.75) is 0 Å². The zero-order valence-electron chi connectivity index (χ0n) is 10.5. The van der Waals surface area contributed by atoms with Crippen molar-refractivity contribution in [2.24, 2.45) is 11.8 Å². The largest absolute Gasteiger partial charge is 0.371 e. The fourth-order valence-corrected chi connectivity index (χ4v) is 4.00. The van der Waals surface area contributed by atoms with E-state index < -0.39 is 10.0 Å². The first kappa shape index (κ1) is 12.0. The van der Waals surface area contributed by atoms with Gasteiger partial charge >= 0.3 is 0 Å². The van der Waals surface area contributed by atoms with Gasteiger partial charge < -0.3 is 4.90 Å². The van der Waals surface area contributed by atoms with Crippen LogP contribution in [-0.2, 0) is 10.0 Å². The Labute approximate surface area is 108 Å². The Hall–Kier alpha value is -1.07. The van der Waals surface area contributed by atoms with Crippen LogP contribution in [0, 0.1) is 11.8 Å². The Balaban J connectivity index is 1.70. The Morgan fingerprint density at radius 1 is 1.00 bits per heavy atom. The van der Waals surface area contributed by atoms with E-state index in [9.17, 15) is 8.42 Å². The standard InChI is InChI=1S/C13H18N2O2S/c1-18(16,17)15-9-11-7-14(8-12(11)10-15)13-5-3-2-4-6-13/h2-6,11-12H,7-10H2,1H3. The molecule has 5 heteroatoms. The monoisotopic (exact) mass is 266 g/mol. The Kier molecular flexibility index (Phi) is 2.83. The van der Waals surface area contributed by atoms with Gasteiger partial charge in [0.1, 0.15) is 0 Å². The number of para-hydroxylation sites is 1. The van der Waals surface area contributed by atoms with Gasteiger partial charge in [0.2, 0.25) is 10.0 Å². The normalized spacial score (nSPS) is 28.6. The van der Waals surface area contributed by atoms with E-state index in [0.29, 0.717) is 24.9 Å². The fraction of sp³-hybridized carbons (Fsp3) is 0.538. The van der Waals surface area contributed by atoms with Gasteiger partial charge in [0, 0.05) is 31.9 Å². The third kappa shape index (κ3) is 2.12. The maximum Gasteiger partial charge on any atom is 0.211 e. The van der Waals surface area contributed by atoms with Crippen molar-refractivity contribution in [1.29, 1.82) is 0 Å². The third-order valence-corrected chi connectivity index (χ3v) is 5.28. The highest BCUT2D eigenvalue weighted by atomic mass is 32.2. The molecule has 4 nitrogen and oxygen atoms in total. The molecule has 0 amide bonds. The number of rotatable bonds is 2. The third-order valence-electron chi connectivity index (χ3n) is 4.04. The molecule has 0 bridgehead atoms.